The molecule has 142 valence electrons. The first-order chi connectivity index (χ1) is 12.2. The van der Waals surface area contributed by atoms with E-state index in [9.17, 15) is 13.6 Å². The van der Waals surface area contributed by atoms with E-state index >= 15 is 0 Å². The molecule has 2 aromatic rings. The number of aromatic nitrogens is 4. The molecule has 3 rings (SSSR count). The normalized spacial score (nSPS) is 20.2. The number of rotatable bonds is 3. The minimum absolute atomic E-state index is 0.0497. The van der Waals surface area contributed by atoms with Crippen molar-refractivity contribution in [1.82, 2.24) is 24.5 Å². The van der Waals surface area contributed by atoms with Gasteiger partial charge in [0, 0.05) is 19.0 Å². The van der Waals surface area contributed by atoms with Gasteiger partial charge in [0.1, 0.15) is 17.7 Å². The molecule has 1 fully saturated rings. The van der Waals surface area contributed by atoms with Crippen LogP contribution in [-0.2, 0) is 4.74 Å². The average molecular weight is 368 g/mol. The van der Waals surface area contributed by atoms with Crippen molar-refractivity contribution in [3.8, 4) is 0 Å². The Morgan fingerprint density at radius 3 is 2.88 bits per heavy atom. The molecule has 10 heteroatoms. The molecule has 0 saturated carbocycles. The number of ether oxygens (including phenoxy) is 1. The maximum absolute atomic E-state index is 14.5. The Bertz CT molecular complexity index is 788. The van der Waals surface area contributed by atoms with Gasteiger partial charge in [-0.15, -0.1) is 10.2 Å². The van der Waals surface area contributed by atoms with Gasteiger partial charge in [0.15, 0.2) is 5.65 Å². The van der Waals surface area contributed by atoms with E-state index in [2.05, 4.69) is 20.5 Å². The van der Waals surface area contributed by atoms with Crippen molar-refractivity contribution >= 4 is 17.6 Å². The molecule has 1 atom stereocenters. The van der Waals surface area contributed by atoms with Gasteiger partial charge in [-0.25, -0.2) is 13.6 Å². The molecule has 3 heterocycles. The summed E-state index contributed by atoms with van der Waals surface area (Å²) in [4.78, 5) is 17.1. The maximum atomic E-state index is 14.5. The number of nitrogens with one attached hydrogen (secondary N) is 1. The van der Waals surface area contributed by atoms with Gasteiger partial charge in [-0.3, -0.25) is 9.38 Å². The van der Waals surface area contributed by atoms with E-state index in [0.29, 0.717) is 11.5 Å². The minimum atomic E-state index is -3.02. The van der Waals surface area contributed by atoms with E-state index in [0.717, 1.165) is 4.90 Å². The Hall–Kier alpha value is -2.52. The highest BCUT2D eigenvalue weighted by molar-refractivity contribution is 5.68. The first-order valence-corrected chi connectivity index (χ1v) is 8.39. The van der Waals surface area contributed by atoms with Crippen LogP contribution in [0.3, 0.4) is 0 Å². The van der Waals surface area contributed by atoms with E-state index in [4.69, 9.17) is 4.74 Å². The van der Waals surface area contributed by atoms with E-state index < -0.39 is 30.1 Å². The van der Waals surface area contributed by atoms with E-state index in [1.807, 2.05) is 0 Å². The predicted molar refractivity (Wildman–Crippen MR) is 90.1 cm³/mol. The number of fused-ring (bicyclic) bond motifs is 1. The summed E-state index contributed by atoms with van der Waals surface area (Å²) < 4.78 is 35.9. The number of piperidine rings is 1. The van der Waals surface area contributed by atoms with Crippen molar-refractivity contribution in [3.63, 3.8) is 0 Å². The molecule has 1 N–H and O–H groups in total. The molecule has 1 aliphatic heterocycles. The number of carbonyl (C=O) groups excluding carboxylic acids is 1. The van der Waals surface area contributed by atoms with Gasteiger partial charge in [-0.2, -0.15) is 0 Å². The highest BCUT2D eigenvalue weighted by atomic mass is 19.3. The Labute approximate surface area is 149 Å². The standard InChI is InChI=1S/C16H22F2N6O2/c1-15(2,3)26-14(25)23-5-4-11(16(17,18)9-23)6-20-12-7-19-8-13-22-21-10-24(12)13/h7-8,10-11,20H,4-6,9H2,1-3H3. The zero-order chi connectivity index (χ0) is 18.9. The van der Waals surface area contributed by atoms with Crippen molar-refractivity contribution < 1.29 is 18.3 Å². The first-order valence-electron chi connectivity index (χ1n) is 8.39. The molecule has 0 aliphatic carbocycles. The Kier molecular flexibility index (Phi) is 4.68. The fraction of sp³-hybridized carbons (Fsp3) is 0.625. The highest BCUT2D eigenvalue weighted by Crippen LogP contribution is 2.33. The number of carbonyl (C=O) groups is 1. The van der Waals surface area contributed by atoms with Crippen LogP contribution < -0.4 is 5.32 Å². The van der Waals surface area contributed by atoms with Gasteiger partial charge in [-0.1, -0.05) is 0 Å². The molecule has 0 bridgehead atoms. The van der Waals surface area contributed by atoms with Crippen molar-refractivity contribution in [2.24, 2.45) is 5.92 Å². The van der Waals surface area contributed by atoms with Crippen LogP contribution in [0.5, 0.6) is 0 Å². The third-order valence-corrected chi connectivity index (χ3v) is 4.15. The second-order valence-electron chi connectivity index (χ2n) is 7.38. The summed E-state index contributed by atoms with van der Waals surface area (Å²) in [5.74, 6) is -3.39. The monoisotopic (exact) mass is 368 g/mol. The third-order valence-electron chi connectivity index (χ3n) is 4.15. The number of hydrogen-bond donors (Lipinski definition) is 1. The molecule has 0 spiro atoms. The van der Waals surface area contributed by atoms with Gasteiger partial charge in [0.25, 0.3) is 5.92 Å². The van der Waals surface area contributed by atoms with Crippen molar-refractivity contribution in [1.29, 1.82) is 0 Å². The molecule has 1 aliphatic rings. The number of amides is 1. The molecule has 8 nitrogen and oxygen atoms in total. The number of anilines is 1. The zero-order valence-corrected chi connectivity index (χ0v) is 14.9. The summed E-state index contributed by atoms with van der Waals surface area (Å²) in [6, 6.07) is 0. The SMILES string of the molecule is CC(C)(C)OC(=O)N1CCC(CNc2cncc3nncn23)C(F)(F)C1. The van der Waals surface area contributed by atoms with Crippen LogP contribution in [-0.4, -0.2) is 61.7 Å². The van der Waals surface area contributed by atoms with Gasteiger partial charge >= 0.3 is 6.09 Å². The van der Waals surface area contributed by atoms with Crippen LogP contribution in [0, 0.1) is 5.92 Å². The largest absolute Gasteiger partial charge is 0.444 e. The lowest BCUT2D eigenvalue weighted by atomic mass is 9.93. The van der Waals surface area contributed by atoms with Gasteiger partial charge in [-0.05, 0) is 27.2 Å². The number of likely N-dealkylation sites (tertiary alicyclic amines) is 1. The lowest BCUT2D eigenvalue weighted by Gasteiger charge is -2.38. The summed E-state index contributed by atoms with van der Waals surface area (Å²) in [6.45, 7) is 4.75. The van der Waals surface area contributed by atoms with Crippen LogP contribution >= 0.6 is 0 Å². The zero-order valence-electron chi connectivity index (χ0n) is 14.9. The molecule has 1 unspecified atom stereocenters. The summed E-state index contributed by atoms with van der Waals surface area (Å²) in [6.07, 6.45) is 4.02. The van der Waals surface area contributed by atoms with Crippen LogP contribution in [0.2, 0.25) is 0 Å². The molecular formula is C16H22F2N6O2. The summed E-state index contributed by atoms with van der Waals surface area (Å²) in [5, 5.41) is 10.6. The second-order valence-corrected chi connectivity index (χ2v) is 7.38. The topological polar surface area (TPSA) is 84.6 Å². The summed E-state index contributed by atoms with van der Waals surface area (Å²) in [5.41, 5.74) is -0.184. The molecule has 26 heavy (non-hydrogen) atoms. The van der Waals surface area contributed by atoms with Crippen LogP contribution in [0.1, 0.15) is 27.2 Å². The first kappa shape index (κ1) is 18.3. The van der Waals surface area contributed by atoms with Crippen molar-refractivity contribution in [2.45, 2.75) is 38.7 Å². The van der Waals surface area contributed by atoms with Crippen molar-refractivity contribution in [2.75, 3.05) is 25.0 Å². The van der Waals surface area contributed by atoms with Gasteiger partial charge < -0.3 is 15.0 Å². The molecule has 1 amide bonds. The third kappa shape index (κ3) is 4.00. The minimum Gasteiger partial charge on any atom is -0.444 e. The van der Waals surface area contributed by atoms with Gasteiger partial charge in [0.2, 0.25) is 0 Å². The fourth-order valence-electron chi connectivity index (χ4n) is 2.83. The van der Waals surface area contributed by atoms with Crippen LogP contribution in [0.15, 0.2) is 18.7 Å². The molecule has 0 aromatic carbocycles. The lowest BCUT2D eigenvalue weighted by molar-refractivity contribution is -0.106. The smallest absolute Gasteiger partial charge is 0.410 e. The quantitative estimate of drug-likeness (QED) is 0.896. The number of halogens is 2. The van der Waals surface area contributed by atoms with Crippen molar-refractivity contribution in [3.05, 3.63) is 18.7 Å². The highest BCUT2D eigenvalue weighted by Gasteiger charge is 2.46. The Morgan fingerprint density at radius 2 is 2.19 bits per heavy atom. The Morgan fingerprint density at radius 1 is 1.42 bits per heavy atom. The predicted octanol–water partition coefficient (Wildman–Crippen LogP) is 2.43. The Balaban J connectivity index is 1.62. The fourth-order valence-corrected chi connectivity index (χ4v) is 2.83. The van der Waals surface area contributed by atoms with E-state index in [1.54, 1.807) is 25.2 Å². The van der Waals surface area contributed by atoms with E-state index in [-0.39, 0.29) is 19.5 Å². The van der Waals surface area contributed by atoms with Crippen LogP contribution in [0.25, 0.3) is 5.65 Å². The van der Waals surface area contributed by atoms with Gasteiger partial charge in [0.05, 0.1) is 18.9 Å². The number of alkyl halides is 2. The molecule has 2 aromatic heterocycles. The summed E-state index contributed by atoms with van der Waals surface area (Å²) in [7, 11) is 0. The number of nitrogens with zero attached hydrogens (tertiary/aromatic N) is 5. The molecular weight excluding hydrogens is 346 g/mol. The molecule has 1 saturated heterocycles. The second kappa shape index (κ2) is 6.65. The van der Waals surface area contributed by atoms with Crippen LogP contribution in [0.4, 0.5) is 19.4 Å². The number of hydrogen-bond acceptors (Lipinski definition) is 6. The summed E-state index contributed by atoms with van der Waals surface area (Å²) >= 11 is 0. The average Bonchev–Trinajstić information content (AvgIpc) is 3.00. The lowest BCUT2D eigenvalue weighted by Crippen LogP contribution is -2.53. The van der Waals surface area contributed by atoms with E-state index in [1.165, 1.54) is 18.7 Å². The molecule has 0 radical (unpaired) electrons. The maximum Gasteiger partial charge on any atom is 0.410 e.